The van der Waals surface area contributed by atoms with Crippen molar-refractivity contribution < 1.29 is 13.9 Å². The molecule has 0 aromatic heterocycles. The number of fused-ring (bicyclic) bond motifs is 1. The minimum Gasteiger partial charge on any atom is -0.504 e. The van der Waals surface area contributed by atoms with Crippen LogP contribution in [0.25, 0.3) is 10.6 Å². The normalized spacial score (nSPS) is 16.8. The molecule has 2 aliphatic rings. The van der Waals surface area contributed by atoms with E-state index in [0.717, 1.165) is 17.5 Å². The molecular weight excluding hydrogens is 221 g/mol. The molecule has 3 nitrogen and oxygen atoms in total. The van der Waals surface area contributed by atoms with E-state index in [0.29, 0.717) is 31.1 Å². The first-order chi connectivity index (χ1) is 8.31. The van der Waals surface area contributed by atoms with Crippen LogP contribution in [0.3, 0.4) is 0 Å². The molecule has 0 atom stereocenters. The van der Waals surface area contributed by atoms with Gasteiger partial charge in [-0.25, -0.2) is 9.24 Å². The quantitative estimate of drug-likeness (QED) is 0.693. The van der Waals surface area contributed by atoms with Gasteiger partial charge in [-0.1, -0.05) is 0 Å². The smallest absolute Gasteiger partial charge is 0.263 e. The Hall–Kier alpha value is -2.02. The zero-order valence-corrected chi connectivity index (χ0v) is 9.12. The maximum absolute atomic E-state index is 13.8. The number of rotatable bonds is 1. The Morgan fingerprint density at radius 3 is 2.88 bits per heavy atom. The second-order valence-electron chi connectivity index (χ2n) is 3.98. The number of benzene rings is 1. The lowest BCUT2D eigenvalue weighted by molar-refractivity contribution is 0.307. The van der Waals surface area contributed by atoms with Gasteiger partial charge < -0.3 is 9.47 Å². The van der Waals surface area contributed by atoms with Gasteiger partial charge in [-0.15, -0.1) is 0 Å². The first-order valence-electron chi connectivity index (χ1n) is 5.50. The van der Waals surface area contributed by atoms with E-state index in [1.54, 1.807) is 0 Å². The Bertz CT molecular complexity index is 558. The van der Waals surface area contributed by atoms with Crippen molar-refractivity contribution in [2.75, 3.05) is 13.2 Å². The number of hydrogen-bond acceptors (Lipinski definition) is 2. The maximum Gasteiger partial charge on any atom is 0.263 e. The van der Waals surface area contributed by atoms with Gasteiger partial charge in [0.1, 0.15) is 17.3 Å². The van der Waals surface area contributed by atoms with Crippen molar-refractivity contribution in [2.24, 2.45) is 0 Å². The van der Waals surface area contributed by atoms with E-state index < -0.39 is 5.82 Å². The van der Waals surface area contributed by atoms with Crippen LogP contribution in [0.4, 0.5) is 10.1 Å². The fourth-order valence-electron chi connectivity index (χ4n) is 2.24. The molecule has 1 aromatic carbocycles. The summed E-state index contributed by atoms with van der Waals surface area (Å²) in [6.07, 6.45) is 3.50. The number of ether oxygens (including phenoxy) is 2. The molecule has 0 bridgehead atoms. The standard InChI is InChI=1S/C13H10FNO2/c1-15-12-10(14)7-9(11-3-2-5-16-11)8-4-6-17-13(8)12/h3,7H,2,4-6H2. The van der Waals surface area contributed by atoms with E-state index in [9.17, 15) is 4.39 Å². The highest BCUT2D eigenvalue weighted by atomic mass is 19.1. The largest absolute Gasteiger partial charge is 0.504 e. The van der Waals surface area contributed by atoms with Crippen LogP contribution in [0, 0.1) is 12.4 Å². The third-order valence-electron chi connectivity index (χ3n) is 2.99. The van der Waals surface area contributed by atoms with Crippen molar-refractivity contribution >= 4 is 11.4 Å². The maximum atomic E-state index is 13.8. The second kappa shape index (κ2) is 3.77. The van der Waals surface area contributed by atoms with E-state index in [-0.39, 0.29) is 5.69 Å². The predicted octanol–water partition coefficient (Wildman–Crippen LogP) is 3.07. The molecular formula is C13H10FNO2. The summed E-state index contributed by atoms with van der Waals surface area (Å²) in [5, 5.41) is 0. The molecule has 1 aromatic rings. The van der Waals surface area contributed by atoms with E-state index >= 15 is 0 Å². The van der Waals surface area contributed by atoms with Crippen molar-refractivity contribution in [3.8, 4) is 5.75 Å². The van der Waals surface area contributed by atoms with Gasteiger partial charge in [0.05, 0.1) is 19.8 Å². The number of hydrogen-bond donors (Lipinski definition) is 0. The molecule has 0 saturated carbocycles. The Labute approximate surface area is 98.3 Å². The Balaban J connectivity index is 2.21. The fourth-order valence-corrected chi connectivity index (χ4v) is 2.24. The number of halogens is 1. The monoisotopic (exact) mass is 231 g/mol. The summed E-state index contributed by atoms with van der Waals surface area (Å²) in [5.74, 6) is 0.570. The van der Waals surface area contributed by atoms with Crippen molar-refractivity contribution in [3.63, 3.8) is 0 Å². The van der Waals surface area contributed by atoms with Crippen LogP contribution in [0.15, 0.2) is 12.1 Å². The summed E-state index contributed by atoms with van der Waals surface area (Å²) in [5.41, 5.74) is 1.62. The third-order valence-corrected chi connectivity index (χ3v) is 2.99. The molecule has 0 N–H and O–H groups in total. The van der Waals surface area contributed by atoms with E-state index in [1.165, 1.54) is 6.07 Å². The molecule has 3 rings (SSSR count). The summed E-state index contributed by atoms with van der Waals surface area (Å²) in [4.78, 5) is 3.20. The van der Waals surface area contributed by atoms with Crippen molar-refractivity contribution in [1.29, 1.82) is 0 Å². The lowest BCUT2D eigenvalue weighted by Crippen LogP contribution is -1.94. The van der Waals surface area contributed by atoms with Crippen LogP contribution in [0.1, 0.15) is 17.5 Å². The van der Waals surface area contributed by atoms with E-state index in [4.69, 9.17) is 16.0 Å². The molecule has 0 unspecified atom stereocenters. The summed E-state index contributed by atoms with van der Waals surface area (Å²) < 4.78 is 24.6. The van der Waals surface area contributed by atoms with Gasteiger partial charge in [-0.3, -0.25) is 0 Å². The third kappa shape index (κ3) is 1.47. The summed E-state index contributed by atoms with van der Waals surface area (Å²) in [7, 11) is 0. The van der Waals surface area contributed by atoms with E-state index in [2.05, 4.69) is 4.85 Å². The van der Waals surface area contributed by atoms with Crippen LogP contribution >= 0.6 is 0 Å². The minimum atomic E-state index is -0.535. The van der Waals surface area contributed by atoms with Gasteiger partial charge in [-0.05, 0) is 17.7 Å². The lowest BCUT2D eigenvalue weighted by atomic mass is 10.0. The Morgan fingerprint density at radius 1 is 1.29 bits per heavy atom. The lowest BCUT2D eigenvalue weighted by Gasteiger charge is -2.10. The summed E-state index contributed by atoms with van der Waals surface area (Å²) >= 11 is 0. The van der Waals surface area contributed by atoms with Gasteiger partial charge in [-0.2, -0.15) is 0 Å². The molecule has 0 spiro atoms. The van der Waals surface area contributed by atoms with Crippen LogP contribution in [-0.2, 0) is 11.2 Å². The van der Waals surface area contributed by atoms with Crippen molar-refractivity contribution in [1.82, 2.24) is 0 Å². The molecule has 2 aliphatic heterocycles. The molecule has 0 fully saturated rings. The van der Waals surface area contributed by atoms with Gasteiger partial charge in [0, 0.05) is 18.4 Å². The fraction of sp³-hybridized carbons (Fsp3) is 0.308. The second-order valence-corrected chi connectivity index (χ2v) is 3.98. The molecule has 86 valence electrons. The zero-order valence-electron chi connectivity index (χ0n) is 9.12. The van der Waals surface area contributed by atoms with Crippen LogP contribution in [0.5, 0.6) is 5.75 Å². The highest BCUT2D eigenvalue weighted by Gasteiger charge is 2.26. The molecule has 0 radical (unpaired) electrons. The molecule has 0 aliphatic carbocycles. The highest BCUT2D eigenvalue weighted by Crippen LogP contribution is 2.43. The predicted molar refractivity (Wildman–Crippen MR) is 60.4 cm³/mol. The van der Waals surface area contributed by atoms with Gasteiger partial charge in [0.25, 0.3) is 5.69 Å². The molecule has 0 amide bonds. The van der Waals surface area contributed by atoms with E-state index in [1.807, 2.05) is 6.08 Å². The van der Waals surface area contributed by atoms with Crippen molar-refractivity contribution in [3.05, 3.63) is 40.5 Å². The van der Waals surface area contributed by atoms with Crippen LogP contribution in [0.2, 0.25) is 0 Å². The highest BCUT2D eigenvalue weighted by molar-refractivity contribution is 5.74. The number of nitrogens with zero attached hydrogens (tertiary/aromatic N) is 1. The van der Waals surface area contributed by atoms with Gasteiger partial charge >= 0.3 is 0 Å². The molecule has 4 heteroatoms. The summed E-state index contributed by atoms with van der Waals surface area (Å²) in [6, 6.07) is 1.39. The Kier molecular flexibility index (Phi) is 2.25. The topological polar surface area (TPSA) is 22.8 Å². The first-order valence-corrected chi connectivity index (χ1v) is 5.50. The van der Waals surface area contributed by atoms with Crippen LogP contribution in [-0.4, -0.2) is 13.2 Å². The first kappa shape index (κ1) is 10.2. The van der Waals surface area contributed by atoms with Crippen LogP contribution < -0.4 is 4.74 Å². The van der Waals surface area contributed by atoms with Crippen molar-refractivity contribution in [2.45, 2.75) is 12.8 Å². The van der Waals surface area contributed by atoms with Gasteiger partial charge in [0.2, 0.25) is 0 Å². The summed E-state index contributed by atoms with van der Waals surface area (Å²) in [6.45, 7) is 8.13. The molecule has 2 heterocycles. The van der Waals surface area contributed by atoms with Gasteiger partial charge in [0.15, 0.2) is 0 Å². The minimum absolute atomic E-state index is 0.0140. The molecule has 17 heavy (non-hydrogen) atoms. The average Bonchev–Trinajstić information content (AvgIpc) is 2.99. The molecule has 0 saturated heterocycles. The SMILES string of the molecule is [C-]#[N+]c1c(F)cc(C2=CCCO2)c2c1OCC2. The zero-order chi connectivity index (χ0) is 11.8. The average molecular weight is 231 g/mol. The Morgan fingerprint density at radius 2 is 2.18 bits per heavy atom.